The Morgan fingerprint density at radius 3 is 2.22 bits per heavy atom. The summed E-state index contributed by atoms with van der Waals surface area (Å²) in [6, 6.07) is 4.38. The van der Waals surface area contributed by atoms with Crippen LogP contribution < -0.4 is 40.2 Å². The molecule has 1 aromatic carbocycles. The van der Waals surface area contributed by atoms with E-state index in [4.69, 9.17) is 0 Å². The summed E-state index contributed by atoms with van der Waals surface area (Å²) in [4.78, 5) is 65.7. The van der Waals surface area contributed by atoms with Crippen molar-refractivity contribution in [3.8, 4) is 0 Å². The van der Waals surface area contributed by atoms with E-state index in [0.717, 1.165) is 37.0 Å². The van der Waals surface area contributed by atoms with Crippen LogP contribution in [0.5, 0.6) is 0 Å². The second kappa shape index (κ2) is 11.9. The van der Waals surface area contributed by atoms with Gasteiger partial charge in [-0.2, -0.15) is 0 Å². The molecule has 1 unspecified atom stereocenters. The fourth-order valence-electron chi connectivity index (χ4n) is 4.69. The summed E-state index contributed by atoms with van der Waals surface area (Å²) in [5.74, 6) is -3.68. The maximum atomic E-state index is 13.0. The van der Waals surface area contributed by atoms with Gasteiger partial charge in [-0.3, -0.25) is 24.1 Å². The van der Waals surface area contributed by atoms with Crippen molar-refractivity contribution in [2.45, 2.75) is 50.2 Å². The third-order valence-corrected chi connectivity index (χ3v) is 7.52. The van der Waals surface area contributed by atoms with E-state index in [0.29, 0.717) is 5.56 Å². The molecule has 3 fully saturated rings. The fraction of sp³-hybridized carbons (Fsp3) is 0.500. The fourth-order valence-corrected chi connectivity index (χ4v) is 5.37. The molecule has 6 amide bonds. The number of benzene rings is 1. The van der Waals surface area contributed by atoms with Gasteiger partial charge in [-0.1, -0.05) is 49.6 Å². The summed E-state index contributed by atoms with van der Waals surface area (Å²) >= 11 is 0. The molecule has 2 aliphatic heterocycles. The molecule has 37 heavy (non-hydrogen) atoms. The van der Waals surface area contributed by atoms with Crippen molar-refractivity contribution in [1.29, 1.82) is 0 Å². The number of imide groups is 1. The molecule has 4 rings (SSSR count). The molecule has 2 N–H and O–H groups in total. The van der Waals surface area contributed by atoms with Crippen LogP contribution in [0.4, 0.5) is 4.79 Å². The number of amides is 6. The van der Waals surface area contributed by atoms with Gasteiger partial charge >= 0.3 is 47.4 Å². The van der Waals surface area contributed by atoms with Gasteiger partial charge in [-0.05, 0) is 18.4 Å². The van der Waals surface area contributed by atoms with Crippen LogP contribution in [0.2, 0.25) is 0 Å². The summed E-state index contributed by atoms with van der Waals surface area (Å²) in [5, 5.41) is 4.75. The van der Waals surface area contributed by atoms with Gasteiger partial charge in [0.05, 0.1) is 6.54 Å². The molecule has 0 radical (unpaired) electrons. The monoisotopic (exact) mass is 543 g/mol. The summed E-state index contributed by atoms with van der Waals surface area (Å²) < 4.78 is 33.2. The van der Waals surface area contributed by atoms with Crippen LogP contribution in [0.25, 0.3) is 0 Å². The Hall–Kier alpha value is -2.52. The number of nitrogens with zero attached hydrogens (tertiary/aromatic N) is 3. The molecular weight excluding hydrogens is 517 g/mol. The first-order valence-electron chi connectivity index (χ1n) is 11.6. The van der Waals surface area contributed by atoms with E-state index < -0.39 is 58.6 Å². The summed E-state index contributed by atoms with van der Waals surface area (Å²) in [7, 11) is -4.98. The third kappa shape index (κ3) is 6.32. The molecule has 1 saturated carbocycles. The molecule has 2 saturated heterocycles. The Labute approximate surface area is 236 Å². The zero-order valence-electron chi connectivity index (χ0n) is 20.3. The molecule has 13 nitrogen and oxygen atoms in total. The first-order valence-corrected chi connectivity index (χ1v) is 13.0. The molecule has 0 bridgehead atoms. The van der Waals surface area contributed by atoms with Crippen molar-refractivity contribution in [2.24, 2.45) is 0 Å². The van der Waals surface area contributed by atoms with Crippen LogP contribution in [0, 0.1) is 0 Å². The predicted molar refractivity (Wildman–Crippen MR) is 121 cm³/mol. The van der Waals surface area contributed by atoms with Crippen LogP contribution in [-0.2, 0) is 29.5 Å². The van der Waals surface area contributed by atoms with E-state index >= 15 is 0 Å². The van der Waals surface area contributed by atoms with Crippen molar-refractivity contribution in [3.05, 3.63) is 35.9 Å². The maximum absolute atomic E-state index is 13.0. The molecule has 1 aliphatic carbocycles. The molecule has 0 spiro atoms. The number of hydrogen-bond donors (Lipinski definition) is 2. The molecule has 3 aliphatic rings. The van der Waals surface area contributed by atoms with E-state index in [9.17, 15) is 36.9 Å². The molecule has 194 valence electrons. The SMILES string of the molecule is O=C(NC1CN(S(=O)(=O)[O-])C1=O)[C@H](NC(=O)N1CCN(C2CCCCC2)C(=O)C1=O)c1ccccc1.[Na+]. The summed E-state index contributed by atoms with van der Waals surface area (Å²) in [6.07, 6.45) is 4.66. The van der Waals surface area contributed by atoms with Crippen LogP contribution in [-0.4, -0.2) is 88.5 Å². The van der Waals surface area contributed by atoms with Gasteiger partial charge in [-0.25, -0.2) is 17.5 Å². The van der Waals surface area contributed by atoms with Gasteiger partial charge < -0.3 is 20.1 Å². The maximum Gasteiger partial charge on any atom is 1.00 e. The van der Waals surface area contributed by atoms with E-state index in [1.54, 1.807) is 18.2 Å². The smallest absolute Gasteiger partial charge is 0.731 e. The van der Waals surface area contributed by atoms with Crippen LogP contribution >= 0.6 is 0 Å². The number of hydrogen-bond acceptors (Lipinski definition) is 8. The van der Waals surface area contributed by atoms with Crippen molar-refractivity contribution in [1.82, 2.24) is 24.7 Å². The van der Waals surface area contributed by atoms with Crippen molar-refractivity contribution in [2.75, 3.05) is 19.6 Å². The Balaban J connectivity index is 0.00000380. The van der Waals surface area contributed by atoms with Gasteiger partial charge in [0.1, 0.15) is 12.1 Å². The average Bonchev–Trinajstić information content (AvgIpc) is 2.86. The summed E-state index contributed by atoms with van der Waals surface area (Å²) in [6.45, 7) is -0.365. The minimum absolute atomic E-state index is 0. The molecule has 2 heterocycles. The second-order valence-electron chi connectivity index (χ2n) is 8.93. The first kappa shape index (κ1) is 29.0. The van der Waals surface area contributed by atoms with Crippen molar-refractivity contribution in [3.63, 3.8) is 0 Å². The van der Waals surface area contributed by atoms with Gasteiger partial charge in [-0.15, -0.1) is 0 Å². The van der Waals surface area contributed by atoms with E-state index in [1.807, 2.05) is 0 Å². The van der Waals surface area contributed by atoms with Crippen LogP contribution in [0.3, 0.4) is 0 Å². The van der Waals surface area contributed by atoms with Crippen LogP contribution in [0.15, 0.2) is 30.3 Å². The van der Waals surface area contributed by atoms with E-state index in [-0.39, 0.29) is 53.0 Å². The Bertz CT molecular complexity index is 1170. The van der Waals surface area contributed by atoms with Gasteiger partial charge in [0, 0.05) is 19.1 Å². The minimum Gasteiger partial charge on any atom is -0.731 e. The zero-order valence-corrected chi connectivity index (χ0v) is 23.1. The van der Waals surface area contributed by atoms with Gasteiger partial charge in [0.2, 0.25) is 5.91 Å². The number of carbonyl (C=O) groups excluding carboxylic acids is 5. The normalized spacial score (nSPS) is 21.6. The van der Waals surface area contributed by atoms with Gasteiger partial charge in [0.15, 0.2) is 10.3 Å². The Morgan fingerprint density at radius 1 is 0.973 bits per heavy atom. The Morgan fingerprint density at radius 2 is 1.62 bits per heavy atom. The number of rotatable bonds is 6. The van der Waals surface area contributed by atoms with E-state index in [1.165, 1.54) is 17.0 Å². The number of carbonyl (C=O) groups is 5. The number of urea groups is 1. The Kier molecular flexibility index (Phi) is 9.34. The van der Waals surface area contributed by atoms with Gasteiger partial charge in [0.25, 0.3) is 5.91 Å². The first-order chi connectivity index (χ1) is 17.1. The molecule has 1 aromatic rings. The van der Waals surface area contributed by atoms with Crippen LogP contribution in [0.1, 0.15) is 43.7 Å². The molecule has 2 atom stereocenters. The predicted octanol–water partition coefficient (Wildman–Crippen LogP) is -3.77. The second-order valence-corrected chi connectivity index (χ2v) is 10.2. The third-order valence-electron chi connectivity index (χ3n) is 6.66. The number of piperazine rings is 1. The largest absolute Gasteiger partial charge is 1.00 e. The standard InChI is InChI=1S/C22H27N5O8S.Na/c28-18(23-16-13-27(19(16)29)36(33,34)35)17(14-7-3-1-4-8-14)24-22(32)26-12-11-25(20(30)21(26)31)15-9-5-2-6-10-15;/h1,3-4,7-8,15-17H,2,5-6,9-13H2,(H,23,28)(H,24,32)(H,33,34,35);/q;+1/p-1/t16?,17-;/m1./s1. The summed E-state index contributed by atoms with van der Waals surface area (Å²) in [5.41, 5.74) is 0.322. The van der Waals surface area contributed by atoms with Crippen molar-refractivity contribution >= 4 is 40.0 Å². The quantitative estimate of drug-likeness (QED) is 0.159. The number of β-lactam (4-membered cyclic amide) rings is 1. The minimum atomic E-state index is -4.98. The average molecular weight is 544 g/mol. The van der Waals surface area contributed by atoms with Crippen molar-refractivity contribution < 1.29 is 66.5 Å². The zero-order chi connectivity index (χ0) is 26.0. The number of nitrogens with one attached hydrogen (secondary N) is 2. The van der Waals surface area contributed by atoms with E-state index in [2.05, 4.69) is 10.6 Å². The topological polar surface area (TPSA) is 176 Å². The molecular formula is C22H26N5NaO8S. The molecule has 15 heteroatoms. The molecule has 0 aromatic heterocycles.